The van der Waals surface area contributed by atoms with Gasteiger partial charge in [0.1, 0.15) is 11.3 Å². The Hall–Kier alpha value is -1.58. The molecule has 0 unspecified atom stereocenters. The molecule has 102 valence electrons. The Morgan fingerprint density at radius 3 is 2.60 bits per heavy atom. The van der Waals surface area contributed by atoms with Crippen molar-refractivity contribution in [2.24, 2.45) is 0 Å². The topological polar surface area (TPSA) is 25.2 Å². The smallest absolute Gasteiger partial charge is 0.134 e. The summed E-state index contributed by atoms with van der Waals surface area (Å²) in [4.78, 5) is 0. The second-order valence-electron chi connectivity index (χ2n) is 4.83. The van der Waals surface area contributed by atoms with E-state index in [1.807, 2.05) is 25.1 Å². The summed E-state index contributed by atoms with van der Waals surface area (Å²) in [6, 6.07) is 16.5. The lowest BCUT2D eigenvalue weighted by Crippen LogP contribution is -2.13. The van der Waals surface area contributed by atoms with Crippen LogP contribution in [0.1, 0.15) is 16.9 Å². The van der Waals surface area contributed by atoms with Gasteiger partial charge >= 0.3 is 0 Å². The molecule has 0 saturated carbocycles. The number of rotatable bonds is 4. The van der Waals surface area contributed by atoms with Crippen molar-refractivity contribution in [3.63, 3.8) is 0 Å². The summed E-state index contributed by atoms with van der Waals surface area (Å²) < 4.78 is 6.92. The Morgan fingerprint density at radius 1 is 1.00 bits per heavy atom. The van der Waals surface area contributed by atoms with Crippen LogP contribution >= 0.6 is 15.9 Å². The number of nitrogens with one attached hydrogen (secondary N) is 1. The van der Waals surface area contributed by atoms with Gasteiger partial charge in [0.05, 0.1) is 0 Å². The Balaban J connectivity index is 1.74. The Morgan fingerprint density at radius 2 is 1.75 bits per heavy atom. The van der Waals surface area contributed by atoms with E-state index in [0.717, 1.165) is 28.9 Å². The number of hydrogen-bond acceptors (Lipinski definition) is 2. The van der Waals surface area contributed by atoms with Crippen molar-refractivity contribution in [3.8, 4) is 0 Å². The standard InChI is InChI=1S/C17H16BrNO/c1-12-15(14-7-3-5-9-17(14)20-12)11-19-10-13-6-2-4-8-16(13)18/h2-9,19H,10-11H2,1H3. The van der Waals surface area contributed by atoms with Gasteiger partial charge in [-0.05, 0) is 24.6 Å². The average Bonchev–Trinajstić information content (AvgIpc) is 2.77. The van der Waals surface area contributed by atoms with Crippen molar-refractivity contribution in [2.45, 2.75) is 20.0 Å². The van der Waals surface area contributed by atoms with Crippen molar-refractivity contribution in [1.29, 1.82) is 0 Å². The van der Waals surface area contributed by atoms with Crippen LogP contribution in [0.5, 0.6) is 0 Å². The summed E-state index contributed by atoms with van der Waals surface area (Å²) >= 11 is 3.57. The lowest BCUT2D eigenvalue weighted by Gasteiger charge is -2.06. The molecule has 0 saturated heterocycles. The first-order chi connectivity index (χ1) is 9.75. The highest BCUT2D eigenvalue weighted by Crippen LogP contribution is 2.25. The highest BCUT2D eigenvalue weighted by Gasteiger charge is 2.09. The van der Waals surface area contributed by atoms with Crippen molar-refractivity contribution >= 4 is 26.9 Å². The molecule has 1 heterocycles. The maximum atomic E-state index is 5.78. The molecule has 0 spiro atoms. The van der Waals surface area contributed by atoms with Crippen LogP contribution in [0.4, 0.5) is 0 Å². The Labute approximate surface area is 126 Å². The third-order valence-corrected chi connectivity index (χ3v) is 4.25. The summed E-state index contributed by atoms with van der Waals surface area (Å²) in [5.41, 5.74) is 3.47. The highest BCUT2D eigenvalue weighted by atomic mass is 79.9. The predicted octanol–water partition coefficient (Wildman–Crippen LogP) is 4.79. The van der Waals surface area contributed by atoms with E-state index in [1.165, 1.54) is 16.5 Å². The second-order valence-corrected chi connectivity index (χ2v) is 5.68. The molecule has 0 aliphatic carbocycles. The Kier molecular flexibility index (Phi) is 3.90. The Bertz CT molecular complexity index is 733. The van der Waals surface area contributed by atoms with Crippen molar-refractivity contribution < 1.29 is 4.42 Å². The maximum absolute atomic E-state index is 5.78. The number of aryl methyl sites for hydroxylation is 1. The van der Waals surface area contributed by atoms with Crippen molar-refractivity contribution in [2.75, 3.05) is 0 Å². The molecule has 3 rings (SSSR count). The zero-order chi connectivity index (χ0) is 13.9. The highest BCUT2D eigenvalue weighted by molar-refractivity contribution is 9.10. The third kappa shape index (κ3) is 2.65. The van der Waals surface area contributed by atoms with Crippen LogP contribution in [0.15, 0.2) is 57.4 Å². The second kappa shape index (κ2) is 5.81. The molecule has 0 radical (unpaired) electrons. The fourth-order valence-electron chi connectivity index (χ4n) is 2.40. The molecule has 0 aliphatic rings. The van der Waals surface area contributed by atoms with Crippen LogP contribution in [0.25, 0.3) is 11.0 Å². The van der Waals surface area contributed by atoms with E-state index >= 15 is 0 Å². The van der Waals surface area contributed by atoms with Crippen molar-refractivity contribution in [3.05, 3.63) is 69.9 Å². The lowest BCUT2D eigenvalue weighted by molar-refractivity contribution is 0.565. The largest absolute Gasteiger partial charge is 0.461 e. The van der Waals surface area contributed by atoms with Crippen LogP contribution in [0, 0.1) is 6.92 Å². The SMILES string of the molecule is Cc1oc2ccccc2c1CNCc1ccccc1Br. The van der Waals surface area contributed by atoms with Gasteiger partial charge in [0.2, 0.25) is 0 Å². The van der Waals surface area contributed by atoms with Crippen LogP contribution in [-0.4, -0.2) is 0 Å². The lowest BCUT2D eigenvalue weighted by atomic mass is 10.1. The first-order valence-electron chi connectivity index (χ1n) is 6.67. The number of halogens is 1. The molecule has 0 aliphatic heterocycles. The zero-order valence-corrected chi connectivity index (χ0v) is 12.9. The van der Waals surface area contributed by atoms with Gasteiger partial charge in [-0.2, -0.15) is 0 Å². The molecule has 20 heavy (non-hydrogen) atoms. The first-order valence-corrected chi connectivity index (χ1v) is 7.46. The number of benzene rings is 2. The van der Waals surface area contributed by atoms with Gasteiger partial charge in [-0.1, -0.05) is 52.3 Å². The zero-order valence-electron chi connectivity index (χ0n) is 11.3. The van der Waals surface area contributed by atoms with E-state index in [0.29, 0.717) is 0 Å². The average molecular weight is 330 g/mol. The minimum absolute atomic E-state index is 0.810. The van der Waals surface area contributed by atoms with Crippen molar-refractivity contribution in [1.82, 2.24) is 5.32 Å². The van der Waals surface area contributed by atoms with Crippen LogP contribution < -0.4 is 5.32 Å². The first kappa shape index (κ1) is 13.4. The van der Waals surface area contributed by atoms with Crippen LogP contribution in [0.3, 0.4) is 0 Å². The summed E-state index contributed by atoms with van der Waals surface area (Å²) in [5.74, 6) is 0.992. The molecule has 3 aromatic rings. The van der Waals surface area contributed by atoms with Gasteiger partial charge in [-0.3, -0.25) is 0 Å². The van der Waals surface area contributed by atoms with Gasteiger partial charge in [-0.15, -0.1) is 0 Å². The number of furan rings is 1. The molecule has 0 fully saturated rings. The maximum Gasteiger partial charge on any atom is 0.134 e. The van der Waals surface area contributed by atoms with E-state index < -0.39 is 0 Å². The van der Waals surface area contributed by atoms with Gasteiger partial charge < -0.3 is 9.73 Å². The summed E-state index contributed by atoms with van der Waals surface area (Å²) in [6.45, 7) is 3.67. The fourth-order valence-corrected chi connectivity index (χ4v) is 2.83. The molecule has 3 heteroatoms. The molecular weight excluding hydrogens is 314 g/mol. The van der Waals surface area contributed by atoms with Gasteiger partial charge in [0.25, 0.3) is 0 Å². The quantitative estimate of drug-likeness (QED) is 0.744. The minimum Gasteiger partial charge on any atom is -0.461 e. The number of hydrogen-bond donors (Lipinski definition) is 1. The van der Waals surface area contributed by atoms with Gasteiger partial charge in [0, 0.05) is 28.5 Å². The predicted molar refractivity (Wildman–Crippen MR) is 85.6 cm³/mol. The normalized spacial score (nSPS) is 11.1. The van der Waals surface area contributed by atoms with E-state index in [4.69, 9.17) is 4.42 Å². The summed E-state index contributed by atoms with van der Waals surface area (Å²) in [6.07, 6.45) is 0. The molecule has 0 bridgehead atoms. The van der Waals surface area contributed by atoms with Crippen LogP contribution in [-0.2, 0) is 13.1 Å². The van der Waals surface area contributed by atoms with Gasteiger partial charge in [0.15, 0.2) is 0 Å². The summed E-state index contributed by atoms with van der Waals surface area (Å²) in [5, 5.41) is 4.69. The number of para-hydroxylation sites is 1. The van der Waals surface area contributed by atoms with E-state index in [2.05, 4.69) is 51.6 Å². The van der Waals surface area contributed by atoms with Crippen LogP contribution in [0.2, 0.25) is 0 Å². The fraction of sp³-hybridized carbons (Fsp3) is 0.176. The molecule has 0 atom stereocenters. The van der Waals surface area contributed by atoms with E-state index in [-0.39, 0.29) is 0 Å². The number of fused-ring (bicyclic) bond motifs is 1. The monoisotopic (exact) mass is 329 g/mol. The van der Waals surface area contributed by atoms with E-state index in [1.54, 1.807) is 0 Å². The third-order valence-electron chi connectivity index (χ3n) is 3.48. The minimum atomic E-state index is 0.810. The van der Waals surface area contributed by atoms with Gasteiger partial charge in [-0.25, -0.2) is 0 Å². The molecule has 0 amide bonds. The molecule has 1 aromatic heterocycles. The molecular formula is C17H16BrNO. The molecule has 2 aromatic carbocycles. The van der Waals surface area contributed by atoms with E-state index in [9.17, 15) is 0 Å². The molecule has 1 N–H and O–H groups in total. The molecule has 2 nitrogen and oxygen atoms in total. The summed E-state index contributed by atoms with van der Waals surface area (Å²) in [7, 11) is 0.